The van der Waals surface area contributed by atoms with Gasteiger partial charge in [0.05, 0.1) is 0 Å². The van der Waals surface area contributed by atoms with Crippen molar-refractivity contribution >= 4 is 23.1 Å². The van der Waals surface area contributed by atoms with E-state index in [0.717, 1.165) is 0 Å². The van der Waals surface area contributed by atoms with Crippen LogP contribution in [0, 0.1) is 5.92 Å². The van der Waals surface area contributed by atoms with Crippen LogP contribution in [0.4, 0.5) is 5.95 Å². The largest absolute Gasteiger partial charge is 0.481 e. The summed E-state index contributed by atoms with van der Waals surface area (Å²) in [5.41, 5.74) is 5.51. The number of aromatic nitrogens is 4. The maximum atomic E-state index is 11.5. The van der Waals surface area contributed by atoms with E-state index in [1.165, 1.54) is 0 Å². The Morgan fingerprint density at radius 3 is 2.83 bits per heavy atom. The van der Waals surface area contributed by atoms with Crippen molar-refractivity contribution in [1.82, 2.24) is 19.9 Å². The molecule has 2 aromatic rings. The standard InChI is InChI=1S/C10H13N5O3/c1-4(3-6(16)17)2-5-12-7-8(13-5)14-10(11)15-9(7)18/h4H,2-3H2,1H3,(H,16,17)(H4,11,12,13,14,15,18). The fraction of sp³-hybridized carbons (Fsp3) is 0.400. The number of carboxylic acids is 1. The molecule has 5 N–H and O–H groups in total. The molecule has 0 aliphatic rings. The number of nitrogen functional groups attached to an aromatic ring is 1. The number of nitrogens with zero attached hydrogens (tertiary/aromatic N) is 2. The first-order valence-electron chi connectivity index (χ1n) is 5.42. The maximum Gasteiger partial charge on any atom is 0.303 e. The minimum atomic E-state index is -0.862. The fourth-order valence-electron chi connectivity index (χ4n) is 1.77. The monoisotopic (exact) mass is 251 g/mol. The second-order valence-corrected chi connectivity index (χ2v) is 4.24. The number of H-pyrrole nitrogens is 2. The van der Waals surface area contributed by atoms with Crippen LogP contribution in [0.1, 0.15) is 19.2 Å². The minimum Gasteiger partial charge on any atom is -0.481 e. The Bertz CT molecular complexity index is 644. The third-order valence-corrected chi connectivity index (χ3v) is 2.49. The van der Waals surface area contributed by atoms with Gasteiger partial charge in [0.2, 0.25) is 5.95 Å². The van der Waals surface area contributed by atoms with E-state index in [1.54, 1.807) is 6.92 Å². The second-order valence-electron chi connectivity index (χ2n) is 4.24. The van der Waals surface area contributed by atoms with Crippen LogP contribution >= 0.6 is 0 Å². The first-order chi connectivity index (χ1) is 8.45. The van der Waals surface area contributed by atoms with Crippen LogP contribution in [0.25, 0.3) is 11.2 Å². The molecule has 0 bridgehead atoms. The molecule has 0 aliphatic heterocycles. The highest BCUT2D eigenvalue weighted by molar-refractivity contribution is 5.70. The lowest BCUT2D eigenvalue weighted by Gasteiger charge is -2.04. The number of nitrogens with one attached hydrogen (secondary N) is 2. The van der Waals surface area contributed by atoms with E-state index < -0.39 is 5.97 Å². The van der Waals surface area contributed by atoms with E-state index in [0.29, 0.717) is 12.2 Å². The summed E-state index contributed by atoms with van der Waals surface area (Å²) >= 11 is 0. The number of aliphatic carboxylic acids is 1. The van der Waals surface area contributed by atoms with Crippen molar-refractivity contribution in [3.05, 3.63) is 16.2 Å². The molecular weight excluding hydrogens is 238 g/mol. The van der Waals surface area contributed by atoms with Crippen molar-refractivity contribution in [2.45, 2.75) is 19.8 Å². The number of fused-ring (bicyclic) bond motifs is 1. The summed E-state index contributed by atoms with van der Waals surface area (Å²) in [5, 5.41) is 8.67. The number of imidazole rings is 1. The molecule has 0 spiro atoms. The van der Waals surface area contributed by atoms with Crippen molar-refractivity contribution < 1.29 is 9.90 Å². The van der Waals surface area contributed by atoms with Gasteiger partial charge in [-0.15, -0.1) is 0 Å². The zero-order valence-corrected chi connectivity index (χ0v) is 9.73. The lowest BCUT2D eigenvalue weighted by atomic mass is 10.0. The SMILES string of the molecule is CC(CC(=O)O)Cc1nc2nc(N)[nH]c(=O)c2[nH]1. The molecule has 2 heterocycles. The number of nitrogens with two attached hydrogens (primary N) is 1. The van der Waals surface area contributed by atoms with Gasteiger partial charge in [-0.25, -0.2) is 4.98 Å². The van der Waals surface area contributed by atoms with Crippen LogP contribution in [0.3, 0.4) is 0 Å². The van der Waals surface area contributed by atoms with Gasteiger partial charge < -0.3 is 15.8 Å². The van der Waals surface area contributed by atoms with E-state index in [9.17, 15) is 9.59 Å². The quantitative estimate of drug-likeness (QED) is 0.597. The Morgan fingerprint density at radius 2 is 2.17 bits per heavy atom. The Kier molecular flexibility index (Phi) is 3.00. The van der Waals surface area contributed by atoms with Crippen LogP contribution in [0.15, 0.2) is 4.79 Å². The van der Waals surface area contributed by atoms with Gasteiger partial charge in [0, 0.05) is 12.8 Å². The summed E-state index contributed by atoms with van der Waals surface area (Å²) in [4.78, 5) is 35.3. The van der Waals surface area contributed by atoms with Gasteiger partial charge in [-0.3, -0.25) is 14.6 Å². The average molecular weight is 251 g/mol. The van der Waals surface area contributed by atoms with Gasteiger partial charge in [-0.1, -0.05) is 6.92 Å². The molecule has 8 nitrogen and oxygen atoms in total. The predicted octanol–water partition coefficient (Wildman–Crippen LogP) is -0.118. The molecular formula is C10H13N5O3. The van der Waals surface area contributed by atoms with Crippen molar-refractivity contribution in [3.8, 4) is 0 Å². The van der Waals surface area contributed by atoms with Crippen LogP contribution in [0.5, 0.6) is 0 Å². The highest BCUT2D eigenvalue weighted by atomic mass is 16.4. The molecule has 0 saturated carbocycles. The highest BCUT2D eigenvalue weighted by Gasteiger charge is 2.13. The Labute approximate surface area is 101 Å². The summed E-state index contributed by atoms with van der Waals surface area (Å²) in [6.07, 6.45) is 0.477. The third kappa shape index (κ3) is 2.47. The molecule has 0 fully saturated rings. The number of rotatable bonds is 4. The third-order valence-electron chi connectivity index (χ3n) is 2.49. The number of carboxylic acid groups (broad SMARTS) is 1. The van der Waals surface area contributed by atoms with Crippen molar-refractivity contribution in [2.75, 3.05) is 5.73 Å². The molecule has 2 aromatic heterocycles. The van der Waals surface area contributed by atoms with Crippen molar-refractivity contribution in [1.29, 1.82) is 0 Å². The molecule has 0 aliphatic carbocycles. The predicted molar refractivity (Wildman–Crippen MR) is 64.0 cm³/mol. The Hall–Kier alpha value is -2.38. The average Bonchev–Trinajstić information content (AvgIpc) is 2.58. The first-order valence-corrected chi connectivity index (χ1v) is 5.42. The molecule has 1 unspecified atom stereocenters. The molecule has 0 radical (unpaired) electrons. The molecule has 2 rings (SSSR count). The zero-order valence-electron chi connectivity index (χ0n) is 9.73. The molecule has 0 amide bonds. The summed E-state index contributed by atoms with van der Waals surface area (Å²) in [7, 11) is 0. The van der Waals surface area contributed by atoms with Gasteiger partial charge in [0.15, 0.2) is 11.2 Å². The molecule has 8 heteroatoms. The van der Waals surface area contributed by atoms with Gasteiger partial charge >= 0.3 is 5.97 Å². The van der Waals surface area contributed by atoms with Crippen molar-refractivity contribution in [2.24, 2.45) is 5.92 Å². The number of carbonyl (C=O) groups is 1. The first kappa shape index (κ1) is 12.1. The van der Waals surface area contributed by atoms with Crippen LogP contribution in [-0.4, -0.2) is 31.0 Å². The summed E-state index contributed by atoms with van der Waals surface area (Å²) < 4.78 is 0. The smallest absolute Gasteiger partial charge is 0.303 e. The normalized spacial score (nSPS) is 12.7. The summed E-state index contributed by atoms with van der Waals surface area (Å²) in [6, 6.07) is 0. The highest BCUT2D eigenvalue weighted by Crippen LogP contribution is 2.11. The Balaban J connectivity index is 2.28. The summed E-state index contributed by atoms with van der Waals surface area (Å²) in [6.45, 7) is 1.80. The number of aromatic amines is 2. The van der Waals surface area contributed by atoms with Gasteiger partial charge in [0.25, 0.3) is 5.56 Å². The van der Waals surface area contributed by atoms with Crippen LogP contribution in [-0.2, 0) is 11.2 Å². The zero-order chi connectivity index (χ0) is 13.3. The Morgan fingerprint density at radius 1 is 1.44 bits per heavy atom. The molecule has 1 atom stereocenters. The molecule has 0 saturated heterocycles. The summed E-state index contributed by atoms with van der Waals surface area (Å²) in [5.74, 6) is -0.412. The van der Waals surface area contributed by atoms with E-state index >= 15 is 0 Å². The van der Waals surface area contributed by atoms with E-state index in [-0.39, 0.29) is 35.0 Å². The number of anilines is 1. The van der Waals surface area contributed by atoms with Gasteiger partial charge in [-0.05, 0) is 5.92 Å². The molecule has 0 aromatic carbocycles. The van der Waals surface area contributed by atoms with Gasteiger partial charge in [0.1, 0.15) is 5.82 Å². The maximum absolute atomic E-state index is 11.5. The minimum absolute atomic E-state index is 0.00383. The van der Waals surface area contributed by atoms with Crippen LogP contribution in [0.2, 0.25) is 0 Å². The van der Waals surface area contributed by atoms with Gasteiger partial charge in [-0.2, -0.15) is 4.98 Å². The molecule has 96 valence electrons. The van der Waals surface area contributed by atoms with E-state index in [4.69, 9.17) is 10.8 Å². The fourth-order valence-corrected chi connectivity index (χ4v) is 1.77. The van der Waals surface area contributed by atoms with Crippen molar-refractivity contribution in [3.63, 3.8) is 0 Å². The molecule has 18 heavy (non-hydrogen) atoms. The second kappa shape index (κ2) is 4.47. The topological polar surface area (TPSA) is 138 Å². The van der Waals surface area contributed by atoms with E-state index in [2.05, 4.69) is 19.9 Å². The number of hydrogen-bond donors (Lipinski definition) is 4. The van der Waals surface area contributed by atoms with E-state index in [1.807, 2.05) is 0 Å². The number of hydrogen-bond acceptors (Lipinski definition) is 5. The van der Waals surface area contributed by atoms with Crippen LogP contribution < -0.4 is 11.3 Å². The lowest BCUT2D eigenvalue weighted by Crippen LogP contribution is -2.11. The lowest BCUT2D eigenvalue weighted by molar-refractivity contribution is -0.137.